The SMILES string of the molecule is CCCCCC1=Nc2ccccc2[N+]1([Cu+2])CCCC.[Br-].[Br-]. The van der Waals surface area contributed by atoms with Gasteiger partial charge in [0, 0.05) is 0 Å². The Balaban J connectivity index is 0.00000200. The maximum Gasteiger partial charge on any atom is -1.00 e. The number of amidine groups is 1. The van der Waals surface area contributed by atoms with E-state index in [0.717, 1.165) is 25.1 Å². The summed E-state index contributed by atoms with van der Waals surface area (Å²) in [4.78, 5) is 4.81. The van der Waals surface area contributed by atoms with Crippen molar-refractivity contribution in [3.8, 4) is 0 Å². The molecular weight excluding hydrogens is 444 g/mol. The molecule has 0 saturated carbocycles. The van der Waals surface area contributed by atoms with E-state index in [2.05, 4.69) is 38.1 Å². The van der Waals surface area contributed by atoms with Crippen LogP contribution in [0, 0.1) is 0 Å². The molecule has 0 spiro atoms. The van der Waals surface area contributed by atoms with E-state index in [1.165, 1.54) is 37.2 Å². The van der Waals surface area contributed by atoms with Crippen LogP contribution in [0.3, 0.4) is 0 Å². The molecule has 0 saturated heterocycles. The molecule has 2 rings (SSSR count). The van der Waals surface area contributed by atoms with Crippen molar-refractivity contribution in [1.82, 2.24) is 3.50 Å². The Morgan fingerprint density at radius 1 is 1.00 bits per heavy atom. The van der Waals surface area contributed by atoms with E-state index in [0.29, 0.717) is 3.50 Å². The second-order valence-electron chi connectivity index (χ2n) is 5.21. The average molecular weight is 468 g/mol. The fourth-order valence-electron chi connectivity index (χ4n) is 2.57. The van der Waals surface area contributed by atoms with Crippen LogP contribution >= 0.6 is 0 Å². The maximum absolute atomic E-state index is 6.15. The first-order valence-electron chi connectivity index (χ1n) is 7.44. The number of quaternary nitrogens is 1. The fourth-order valence-corrected chi connectivity index (χ4v) is 3.05. The molecule has 0 N–H and O–H groups in total. The molecule has 0 aromatic heterocycles. The van der Waals surface area contributed by atoms with Crippen molar-refractivity contribution in [2.75, 3.05) is 6.54 Å². The molecule has 1 unspecified atom stereocenters. The normalized spacial score (nSPS) is 19.3. The molecule has 2 nitrogen and oxygen atoms in total. The third kappa shape index (κ3) is 4.90. The monoisotopic (exact) mass is 465 g/mol. The van der Waals surface area contributed by atoms with Gasteiger partial charge in [0.1, 0.15) is 0 Å². The standard InChI is InChI=1S/C16H24N2.2BrH.Cu/c1-3-5-7-12-16-17-14-10-8-9-11-15(14)18(16)13-6-4-2;;;/h8-11H,3-7,12-13H2,1-2H3;2*1H;/q;;;+3/p-2. The van der Waals surface area contributed by atoms with Crippen molar-refractivity contribution in [2.24, 2.45) is 4.99 Å². The van der Waals surface area contributed by atoms with Crippen molar-refractivity contribution >= 4 is 17.2 Å². The summed E-state index contributed by atoms with van der Waals surface area (Å²) >= 11 is 6.15. The maximum atomic E-state index is 6.15. The quantitative estimate of drug-likeness (QED) is 0.356. The van der Waals surface area contributed by atoms with Crippen molar-refractivity contribution in [2.45, 2.75) is 52.4 Å². The van der Waals surface area contributed by atoms with Gasteiger partial charge in [-0.25, -0.2) is 0 Å². The van der Waals surface area contributed by atoms with Gasteiger partial charge in [-0.2, -0.15) is 0 Å². The first-order chi connectivity index (χ1) is 9.22. The third-order valence-electron chi connectivity index (χ3n) is 3.69. The second kappa shape index (κ2) is 10.2. The van der Waals surface area contributed by atoms with E-state index in [-0.39, 0.29) is 34.0 Å². The summed E-state index contributed by atoms with van der Waals surface area (Å²) in [5.74, 6) is 1.17. The number of hydrogen-bond donors (Lipinski definition) is 0. The summed E-state index contributed by atoms with van der Waals surface area (Å²) in [7, 11) is 0. The Morgan fingerprint density at radius 2 is 1.67 bits per heavy atom. The Morgan fingerprint density at radius 3 is 2.33 bits per heavy atom. The van der Waals surface area contributed by atoms with Crippen molar-refractivity contribution in [3.05, 3.63) is 24.3 Å². The molecule has 5 heteroatoms. The van der Waals surface area contributed by atoms with Gasteiger partial charge in [0.25, 0.3) is 0 Å². The number of fused-ring (bicyclic) bond motifs is 1. The smallest absolute Gasteiger partial charge is 1.00 e. The zero-order valence-corrected chi connectivity index (χ0v) is 16.8. The molecule has 1 heterocycles. The first-order valence-corrected chi connectivity index (χ1v) is 7.86. The van der Waals surface area contributed by atoms with Crippen LogP contribution in [0.4, 0.5) is 11.4 Å². The van der Waals surface area contributed by atoms with E-state index in [1.807, 2.05) is 0 Å². The number of halogens is 2. The average Bonchev–Trinajstić information content (AvgIpc) is 2.71. The molecular formula is C16H24Br2CuN2+. The van der Waals surface area contributed by atoms with Gasteiger partial charge in [-0.05, 0) is 0 Å². The van der Waals surface area contributed by atoms with Gasteiger partial charge in [-0.15, -0.1) is 0 Å². The summed E-state index contributed by atoms with van der Waals surface area (Å²) in [5, 5.41) is 0. The number of benzene rings is 1. The largest absolute Gasteiger partial charge is 1.00 e. The van der Waals surface area contributed by atoms with Crippen LogP contribution in [-0.2, 0) is 16.2 Å². The second-order valence-corrected chi connectivity index (χ2v) is 5.93. The number of aliphatic imine (C=N–C) groups is 1. The van der Waals surface area contributed by atoms with Gasteiger partial charge in [-0.3, -0.25) is 0 Å². The van der Waals surface area contributed by atoms with Gasteiger partial charge in [0.15, 0.2) is 0 Å². The molecule has 0 fully saturated rings. The van der Waals surface area contributed by atoms with Gasteiger partial charge >= 0.3 is 125 Å². The van der Waals surface area contributed by atoms with Crippen LogP contribution in [0.1, 0.15) is 52.4 Å². The predicted octanol–water partition coefficient (Wildman–Crippen LogP) is -1.11. The predicted molar refractivity (Wildman–Crippen MR) is 79.2 cm³/mol. The van der Waals surface area contributed by atoms with E-state index < -0.39 is 0 Å². The summed E-state index contributed by atoms with van der Waals surface area (Å²) in [6, 6.07) is 8.35. The minimum atomic E-state index is 0. The first kappa shape index (κ1) is 21.3. The molecule has 122 valence electrons. The summed E-state index contributed by atoms with van der Waals surface area (Å²) in [6.45, 7) is 5.43. The number of para-hydroxylation sites is 2. The summed E-state index contributed by atoms with van der Waals surface area (Å²) in [5.41, 5.74) is 2.27. The minimum Gasteiger partial charge on any atom is -1.00 e. The zero-order chi connectivity index (χ0) is 13.7. The van der Waals surface area contributed by atoms with Crippen LogP contribution in [0.15, 0.2) is 29.3 Å². The number of rotatable bonds is 7. The van der Waals surface area contributed by atoms with E-state index >= 15 is 0 Å². The Labute approximate surface area is 158 Å². The van der Waals surface area contributed by atoms with E-state index in [1.54, 1.807) is 0 Å². The Hall–Kier alpha value is 0.329. The molecule has 0 radical (unpaired) electrons. The molecule has 21 heavy (non-hydrogen) atoms. The molecule has 1 aromatic carbocycles. The molecule has 1 atom stereocenters. The van der Waals surface area contributed by atoms with Crippen molar-refractivity contribution < 1.29 is 50.2 Å². The topological polar surface area (TPSA) is 12.4 Å². The molecule has 0 aliphatic carbocycles. The molecule has 1 aliphatic rings. The van der Waals surface area contributed by atoms with Crippen LogP contribution in [0.2, 0.25) is 0 Å². The zero-order valence-electron chi connectivity index (χ0n) is 12.7. The van der Waals surface area contributed by atoms with Gasteiger partial charge in [0.05, 0.1) is 0 Å². The number of hydrogen-bond acceptors (Lipinski definition) is 1. The van der Waals surface area contributed by atoms with Crippen LogP contribution < -0.4 is 37.5 Å². The van der Waals surface area contributed by atoms with E-state index in [4.69, 9.17) is 21.2 Å². The third-order valence-corrected chi connectivity index (χ3v) is 4.37. The molecule has 1 aromatic rings. The van der Waals surface area contributed by atoms with Crippen LogP contribution in [0.25, 0.3) is 0 Å². The van der Waals surface area contributed by atoms with Crippen molar-refractivity contribution in [3.63, 3.8) is 0 Å². The minimum absolute atomic E-state index is 0. The number of unbranched alkanes of at least 4 members (excludes halogenated alkanes) is 3. The van der Waals surface area contributed by atoms with Crippen LogP contribution in [-0.4, -0.2) is 12.4 Å². The molecule has 1 aliphatic heterocycles. The number of nitrogens with zero attached hydrogens (tertiary/aromatic N) is 2. The van der Waals surface area contributed by atoms with Gasteiger partial charge < -0.3 is 34.0 Å². The Bertz CT molecular complexity index is 465. The Kier molecular flexibility index (Phi) is 10.3. The van der Waals surface area contributed by atoms with E-state index in [9.17, 15) is 0 Å². The van der Waals surface area contributed by atoms with Gasteiger partial charge in [0.2, 0.25) is 0 Å². The molecule has 0 amide bonds. The van der Waals surface area contributed by atoms with Gasteiger partial charge in [-0.1, -0.05) is 0 Å². The van der Waals surface area contributed by atoms with Crippen molar-refractivity contribution in [1.29, 1.82) is 0 Å². The summed E-state index contributed by atoms with van der Waals surface area (Å²) in [6.07, 6.45) is 7.06. The summed E-state index contributed by atoms with van der Waals surface area (Å²) < 4.78 is 0.501. The molecule has 0 bridgehead atoms. The van der Waals surface area contributed by atoms with Crippen LogP contribution in [0.5, 0.6) is 0 Å². The fraction of sp³-hybridized carbons (Fsp3) is 0.562.